The molecular formula is C25H32N4O2. The molecule has 0 spiro atoms. The summed E-state index contributed by atoms with van der Waals surface area (Å²) in [7, 11) is 0. The Kier molecular flexibility index (Phi) is 7.07. The molecule has 0 atom stereocenters. The van der Waals surface area contributed by atoms with Gasteiger partial charge >= 0.3 is 6.03 Å². The number of nitrogens with zero attached hydrogens (tertiary/aromatic N) is 2. The molecule has 2 aromatic carbocycles. The number of carbonyl (C=O) groups is 2. The summed E-state index contributed by atoms with van der Waals surface area (Å²) in [5.41, 5.74) is 2.68. The number of piperidine rings is 1. The van der Waals surface area contributed by atoms with E-state index in [1.165, 1.54) is 25.7 Å². The molecule has 2 fully saturated rings. The van der Waals surface area contributed by atoms with Gasteiger partial charge in [0.25, 0.3) is 5.91 Å². The van der Waals surface area contributed by atoms with Crippen molar-refractivity contribution < 1.29 is 9.59 Å². The molecule has 31 heavy (non-hydrogen) atoms. The molecule has 0 radical (unpaired) electrons. The van der Waals surface area contributed by atoms with Crippen LogP contribution in [-0.2, 0) is 0 Å². The van der Waals surface area contributed by atoms with Crippen molar-refractivity contribution in [2.24, 2.45) is 0 Å². The predicted octanol–water partition coefficient (Wildman–Crippen LogP) is 4.49. The van der Waals surface area contributed by atoms with Gasteiger partial charge in [-0.25, -0.2) is 4.79 Å². The fraction of sp³-hybridized carbons (Fsp3) is 0.440. The standard InChI is InChI=1S/C25H32N4O2/c30-24(20-10-4-3-5-11-20)29-18-14-21(15-19-29)26-25(31)27-22-12-6-7-13-23(22)28-16-8-1-2-9-17-28/h3-7,10-13,21H,1-2,8-9,14-19H2,(H2,26,27,31). The van der Waals surface area contributed by atoms with Crippen molar-refractivity contribution in [2.45, 2.75) is 44.6 Å². The van der Waals surface area contributed by atoms with Gasteiger partial charge in [0, 0.05) is 37.8 Å². The number of amides is 3. The number of nitrogens with one attached hydrogen (secondary N) is 2. The fourth-order valence-electron chi connectivity index (χ4n) is 4.50. The highest BCUT2D eigenvalue weighted by atomic mass is 16.2. The SMILES string of the molecule is O=C(Nc1ccccc1N1CCCCCC1)NC1CCN(C(=O)c2ccccc2)CC1. The maximum Gasteiger partial charge on any atom is 0.319 e. The van der Waals surface area contributed by atoms with Crippen molar-refractivity contribution in [1.29, 1.82) is 0 Å². The van der Waals surface area contributed by atoms with Crippen LogP contribution in [-0.4, -0.2) is 49.1 Å². The van der Waals surface area contributed by atoms with Crippen LogP contribution in [0.4, 0.5) is 16.2 Å². The number of rotatable bonds is 4. The van der Waals surface area contributed by atoms with E-state index in [2.05, 4.69) is 21.6 Å². The Hall–Kier alpha value is -3.02. The van der Waals surface area contributed by atoms with Crippen molar-refractivity contribution in [3.63, 3.8) is 0 Å². The summed E-state index contributed by atoms with van der Waals surface area (Å²) >= 11 is 0. The van der Waals surface area contributed by atoms with Gasteiger partial charge in [0.2, 0.25) is 0 Å². The van der Waals surface area contributed by atoms with Crippen molar-refractivity contribution >= 4 is 23.3 Å². The molecule has 0 bridgehead atoms. The highest BCUT2D eigenvalue weighted by molar-refractivity contribution is 5.94. The van der Waals surface area contributed by atoms with E-state index in [1.807, 2.05) is 53.4 Å². The molecule has 2 N–H and O–H groups in total. The maximum atomic E-state index is 12.7. The summed E-state index contributed by atoms with van der Waals surface area (Å²) in [6.07, 6.45) is 6.47. The Labute approximate surface area is 184 Å². The van der Waals surface area contributed by atoms with Gasteiger partial charge in [-0.15, -0.1) is 0 Å². The third-order valence-electron chi connectivity index (χ3n) is 6.24. The van der Waals surface area contributed by atoms with Gasteiger partial charge in [-0.3, -0.25) is 4.79 Å². The van der Waals surface area contributed by atoms with Crippen LogP contribution in [0.3, 0.4) is 0 Å². The van der Waals surface area contributed by atoms with Crippen LogP contribution in [0.25, 0.3) is 0 Å². The topological polar surface area (TPSA) is 64.7 Å². The third kappa shape index (κ3) is 5.57. The van der Waals surface area contributed by atoms with Gasteiger partial charge in [-0.05, 0) is 49.9 Å². The minimum atomic E-state index is -0.171. The minimum absolute atomic E-state index is 0.0647. The Balaban J connectivity index is 1.30. The first-order chi connectivity index (χ1) is 15.2. The highest BCUT2D eigenvalue weighted by Gasteiger charge is 2.25. The summed E-state index contributed by atoms with van der Waals surface area (Å²) in [5, 5.41) is 6.17. The second-order valence-electron chi connectivity index (χ2n) is 8.45. The number of benzene rings is 2. The lowest BCUT2D eigenvalue weighted by molar-refractivity contribution is 0.0709. The molecule has 6 heteroatoms. The van der Waals surface area contributed by atoms with Crippen LogP contribution >= 0.6 is 0 Å². The number of urea groups is 1. The lowest BCUT2D eigenvalue weighted by Crippen LogP contribution is -2.47. The monoisotopic (exact) mass is 420 g/mol. The van der Waals surface area contributed by atoms with E-state index in [9.17, 15) is 9.59 Å². The zero-order chi connectivity index (χ0) is 21.5. The summed E-state index contributed by atoms with van der Waals surface area (Å²) in [4.78, 5) is 29.6. The van der Waals surface area contributed by atoms with E-state index in [0.717, 1.165) is 42.9 Å². The van der Waals surface area contributed by atoms with E-state index in [1.54, 1.807) is 0 Å². The molecule has 0 saturated carbocycles. The largest absolute Gasteiger partial charge is 0.370 e. The van der Waals surface area contributed by atoms with Crippen LogP contribution in [0.2, 0.25) is 0 Å². The number of hydrogen-bond donors (Lipinski definition) is 2. The average molecular weight is 421 g/mol. The van der Waals surface area contributed by atoms with Crippen LogP contribution in [0.15, 0.2) is 54.6 Å². The zero-order valence-corrected chi connectivity index (χ0v) is 18.1. The van der Waals surface area contributed by atoms with Crippen molar-refractivity contribution in [2.75, 3.05) is 36.4 Å². The molecular weight excluding hydrogens is 388 g/mol. The molecule has 3 amide bonds. The van der Waals surface area contributed by atoms with Gasteiger partial charge in [0.1, 0.15) is 0 Å². The van der Waals surface area contributed by atoms with Gasteiger partial charge in [-0.2, -0.15) is 0 Å². The number of hydrogen-bond acceptors (Lipinski definition) is 3. The number of likely N-dealkylation sites (tertiary alicyclic amines) is 1. The first-order valence-corrected chi connectivity index (χ1v) is 11.5. The molecule has 2 aromatic rings. The molecule has 6 nitrogen and oxygen atoms in total. The number of carbonyl (C=O) groups excluding carboxylic acids is 2. The number of anilines is 2. The maximum absolute atomic E-state index is 12.7. The molecule has 2 saturated heterocycles. The molecule has 0 aliphatic carbocycles. The molecule has 164 valence electrons. The van der Waals surface area contributed by atoms with E-state index in [4.69, 9.17) is 0 Å². The molecule has 0 unspecified atom stereocenters. The molecule has 2 aliphatic rings. The van der Waals surface area contributed by atoms with Gasteiger partial charge in [-0.1, -0.05) is 43.2 Å². The molecule has 2 heterocycles. The molecule has 4 rings (SSSR count). The van der Waals surface area contributed by atoms with Gasteiger partial charge in [0.15, 0.2) is 0 Å². The molecule has 0 aromatic heterocycles. The summed E-state index contributed by atoms with van der Waals surface area (Å²) < 4.78 is 0. The van der Waals surface area contributed by atoms with Gasteiger partial charge in [0.05, 0.1) is 11.4 Å². The first kappa shape index (κ1) is 21.2. The summed E-state index contributed by atoms with van der Waals surface area (Å²) in [5.74, 6) is 0.0647. The fourth-order valence-corrected chi connectivity index (χ4v) is 4.50. The van der Waals surface area contributed by atoms with E-state index in [-0.39, 0.29) is 18.0 Å². The van der Waals surface area contributed by atoms with Crippen LogP contribution < -0.4 is 15.5 Å². The average Bonchev–Trinajstić information content (AvgIpc) is 3.09. The molecule has 2 aliphatic heterocycles. The number of para-hydroxylation sites is 2. The Bertz CT molecular complexity index is 870. The lowest BCUT2D eigenvalue weighted by atomic mass is 10.0. The second-order valence-corrected chi connectivity index (χ2v) is 8.45. The second kappa shape index (κ2) is 10.3. The Morgan fingerprint density at radius 1 is 0.774 bits per heavy atom. The smallest absolute Gasteiger partial charge is 0.319 e. The van der Waals surface area contributed by atoms with Crippen molar-refractivity contribution in [1.82, 2.24) is 10.2 Å². The summed E-state index contributed by atoms with van der Waals surface area (Å²) in [6.45, 7) is 3.38. The third-order valence-corrected chi connectivity index (χ3v) is 6.24. The first-order valence-electron chi connectivity index (χ1n) is 11.5. The van der Waals surface area contributed by atoms with E-state index < -0.39 is 0 Å². The lowest BCUT2D eigenvalue weighted by Gasteiger charge is -2.32. The minimum Gasteiger partial charge on any atom is -0.370 e. The summed E-state index contributed by atoms with van der Waals surface area (Å²) in [6, 6.07) is 17.3. The van der Waals surface area contributed by atoms with Crippen LogP contribution in [0, 0.1) is 0 Å². The van der Waals surface area contributed by atoms with Gasteiger partial charge < -0.3 is 20.4 Å². The van der Waals surface area contributed by atoms with E-state index in [0.29, 0.717) is 13.1 Å². The zero-order valence-electron chi connectivity index (χ0n) is 18.1. The normalized spacial score (nSPS) is 17.7. The Morgan fingerprint density at radius 2 is 1.42 bits per heavy atom. The predicted molar refractivity (Wildman–Crippen MR) is 125 cm³/mol. The van der Waals surface area contributed by atoms with Crippen LogP contribution in [0.5, 0.6) is 0 Å². The van der Waals surface area contributed by atoms with Crippen molar-refractivity contribution in [3.8, 4) is 0 Å². The van der Waals surface area contributed by atoms with Crippen LogP contribution in [0.1, 0.15) is 48.9 Å². The quantitative estimate of drug-likeness (QED) is 0.766. The Morgan fingerprint density at radius 3 is 2.13 bits per heavy atom. The highest BCUT2D eigenvalue weighted by Crippen LogP contribution is 2.28. The van der Waals surface area contributed by atoms with E-state index >= 15 is 0 Å². The van der Waals surface area contributed by atoms with Crippen molar-refractivity contribution in [3.05, 3.63) is 60.2 Å².